The van der Waals surface area contributed by atoms with Crippen LogP contribution in [0.3, 0.4) is 0 Å². The number of nitrogens with zero attached hydrogens (tertiary/aromatic N) is 2. The van der Waals surface area contributed by atoms with Crippen LogP contribution in [0.1, 0.15) is 47.8 Å². The van der Waals surface area contributed by atoms with E-state index in [1.165, 1.54) is 12.1 Å². The molecule has 1 unspecified atom stereocenters. The quantitative estimate of drug-likeness (QED) is 0.426. The number of phenols is 1. The molecule has 0 saturated carbocycles. The fourth-order valence-corrected chi connectivity index (χ4v) is 5.99. The van der Waals surface area contributed by atoms with Crippen molar-refractivity contribution >= 4 is 11.0 Å². The number of ether oxygens (including phenoxy) is 1. The van der Waals surface area contributed by atoms with Gasteiger partial charge in [0, 0.05) is 36.5 Å². The van der Waals surface area contributed by atoms with Gasteiger partial charge in [0.25, 0.3) is 0 Å². The van der Waals surface area contributed by atoms with E-state index in [2.05, 4.69) is 22.7 Å². The topological polar surface area (TPSA) is 84.8 Å². The van der Waals surface area contributed by atoms with Crippen molar-refractivity contribution < 1.29 is 18.8 Å². The monoisotopic (exact) mass is 493 g/mol. The number of hydrogen-bond acceptors (Lipinski definition) is 6. The van der Waals surface area contributed by atoms with Crippen molar-refractivity contribution in [1.29, 1.82) is 0 Å². The molecule has 6 nitrogen and oxygen atoms in total. The number of hydrogen-bond donors (Lipinski definition) is 2. The number of likely N-dealkylation sites (tertiary alicyclic amines) is 1. The molecule has 2 aliphatic heterocycles. The zero-order valence-electron chi connectivity index (χ0n) is 21.0. The molecule has 3 heterocycles. The average Bonchev–Trinajstić information content (AvgIpc) is 3.27. The van der Waals surface area contributed by atoms with E-state index in [1.807, 2.05) is 19.1 Å². The molecule has 0 aliphatic carbocycles. The van der Waals surface area contributed by atoms with E-state index < -0.39 is 0 Å². The number of nitrogens with two attached hydrogens (primary N) is 1. The smallest absolute Gasteiger partial charge is 0.170 e. The van der Waals surface area contributed by atoms with Crippen molar-refractivity contribution in [3.05, 3.63) is 71.2 Å². The van der Waals surface area contributed by atoms with E-state index in [1.54, 1.807) is 6.07 Å². The molecule has 0 spiro atoms. The number of rotatable bonds is 8. The van der Waals surface area contributed by atoms with E-state index >= 15 is 0 Å². The normalized spacial score (nSPS) is 22.0. The second-order valence-electron chi connectivity index (χ2n) is 10.4. The van der Waals surface area contributed by atoms with E-state index in [4.69, 9.17) is 15.0 Å². The average molecular weight is 494 g/mol. The lowest BCUT2D eigenvalue weighted by Crippen LogP contribution is -2.43. The van der Waals surface area contributed by atoms with Crippen molar-refractivity contribution in [2.45, 2.75) is 51.2 Å². The lowest BCUT2D eigenvalue weighted by Gasteiger charge is -2.41. The molecule has 0 radical (unpaired) electrons. The van der Waals surface area contributed by atoms with Crippen molar-refractivity contribution in [3.63, 3.8) is 0 Å². The van der Waals surface area contributed by atoms with Gasteiger partial charge in [-0.05, 0) is 80.8 Å². The summed E-state index contributed by atoms with van der Waals surface area (Å²) in [6.45, 7) is 9.27. The number of aryl methyl sites for hydroxylation is 1. The van der Waals surface area contributed by atoms with Gasteiger partial charge < -0.3 is 25.0 Å². The summed E-state index contributed by atoms with van der Waals surface area (Å²) < 4.78 is 25.3. The molecular formula is C29H36FN3O3. The van der Waals surface area contributed by atoms with Crippen LogP contribution in [0.15, 0.2) is 47.5 Å². The Kier molecular flexibility index (Phi) is 7.42. The predicted octanol–water partition coefficient (Wildman–Crippen LogP) is 5.07. The SMILES string of the molecule is C=CCC(Cc1noc2cc(F)ccc12)CN1CCC([C@@H]2Cc3c(ccc(C)c3O)[C@H](CN)O2)CC1. The second-order valence-corrected chi connectivity index (χ2v) is 10.4. The first-order valence-corrected chi connectivity index (χ1v) is 13.0. The van der Waals surface area contributed by atoms with Crippen molar-refractivity contribution in [1.82, 2.24) is 10.1 Å². The summed E-state index contributed by atoms with van der Waals surface area (Å²) in [6.07, 6.45) is 6.38. The summed E-state index contributed by atoms with van der Waals surface area (Å²) in [5.41, 5.74) is 10.4. The number of phenolic OH excluding ortho intramolecular Hbond substituents is 1. The summed E-state index contributed by atoms with van der Waals surface area (Å²) in [5, 5.41) is 15.8. The number of aromatic nitrogens is 1. The van der Waals surface area contributed by atoms with E-state index in [-0.39, 0.29) is 18.0 Å². The lowest BCUT2D eigenvalue weighted by atomic mass is 9.82. The molecule has 2 aromatic carbocycles. The van der Waals surface area contributed by atoms with Crippen LogP contribution in [0.2, 0.25) is 0 Å². The Hall–Kier alpha value is -2.74. The van der Waals surface area contributed by atoms with Gasteiger partial charge in [-0.2, -0.15) is 0 Å². The Balaban J connectivity index is 1.21. The van der Waals surface area contributed by atoms with E-state index in [0.29, 0.717) is 29.7 Å². The third-order valence-corrected chi connectivity index (χ3v) is 7.99. The molecule has 7 heteroatoms. The summed E-state index contributed by atoms with van der Waals surface area (Å²) in [5.74, 6) is 0.878. The van der Waals surface area contributed by atoms with Crippen LogP contribution in [0.25, 0.3) is 11.0 Å². The van der Waals surface area contributed by atoms with Crippen LogP contribution in [0.5, 0.6) is 5.75 Å². The van der Waals surface area contributed by atoms with Gasteiger partial charge in [0.1, 0.15) is 11.6 Å². The van der Waals surface area contributed by atoms with Crippen LogP contribution < -0.4 is 5.73 Å². The number of piperidine rings is 1. The maximum absolute atomic E-state index is 13.5. The first-order valence-electron chi connectivity index (χ1n) is 13.0. The second kappa shape index (κ2) is 10.7. The van der Waals surface area contributed by atoms with Gasteiger partial charge in [-0.3, -0.25) is 0 Å². The third kappa shape index (κ3) is 5.05. The minimum atomic E-state index is -0.315. The van der Waals surface area contributed by atoms with Gasteiger partial charge in [0.2, 0.25) is 0 Å². The first-order chi connectivity index (χ1) is 17.5. The Morgan fingerprint density at radius 2 is 2.08 bits per heavy atom. The van der Waals surface area contributed by atoms with Crippen LogP contribution >= 0.6 is 0 Å². The third-order valence-electron chi connectivity index (χ3n) is 7.99. The minimum Gasteiger partial charge on any atom is -0.507 e. The molecule has 5 rings (SSSR count). The number of allylic oxidation sites excluding steroid dienone is 1. The Labute approximate surface area is 211 Å². The van der Waals surface area contributed by atoms with Gasteiger partial charge in [-0.25, -0.2) is 4.39 Å². The highest BCUT2D eigenvalue weighted by Crippen LogP contribution is 2.40. The van der Waals surface area contributed by atoms with Gasteiger partial charge in [0.15, 0.2) is 5.58 Å². The van der Waals surface area contributed by atoms with Crippen LogP contribution in [0.4, 0.5) is 4.39 Å². The van der Waals surface area contributed by atoms with Crippen molar-refractivity contribution in [2.24, 2.45) is 17.6 Å². The zero-order valence-corrected chi connectivity index (χ0v) is 21.0. The number of fused-ring (bicyclic) bond motifs is 2. The number of aromatic hydroxyl groups is 1. The molecule has 36 heavy (non-hydrogen) atoms. The summed E-state index contributed by atoms with van der Waals surface area (Å²) >= 11 is 0. The maximum Gasteiger partial charge on any atom is 0.170 e. The highest BCUT2D eigenvalue weighted by Gasteiger charge is 2.35. The Bertz CT molecular complexity index is 1220. The fraction of sp³-hybridized carbons (Fsp3) is 0.483. The lowest BCUT2D eigenvalue weighted by molar-refractivity contribution is -0.0652. The van der Waals surface area contributed by atoms with Gasteiger partial charge >= 0.3 is 0 Å². The van der Waals surface area contributed by atoms with Crippen LogP contribution in [-0.4, -0.2) is 47.4 Å². The molecular weight excluding hydrogens is 457 g/mol. The van der Waals surface area contributed by atoms with Crippen LogP contribution in [-0.2, 0) is 17.6 Å². The molecule has 3 aromatic rings. The van der Waals surface area contributed by atoms with E-state index in [0.717, 1.165) is 79.5 Å². The highest BCUT2D eigenvalue weighted by atomic mass is 19.1. The zero-order chi connectivity index (χ0) is 25.2. The van der Waals surface area contributed by atoms with Crippen molar-refractivity contribution in [3.8, 4) is 5.75 Å². The molecule has 3 atom stereocenters. The molecule has 1 fully saturated rings. The molecule has 1 saturated heterocycles. The predicted molar refractivity (Wildman–Crippen MR) is 138 cm³/mol. The largest absolute Gasteiger partial charge is 0.507 e. The maximum atomic E-state index is 13.5. The van der Waals surface area contributed by atoms with Crippen molar-refractivity contribution in [2.75, 3.05) is 26.2 Å². The summed E-state index contributed by atoms with van der Waals surface area (Å²) in [7, 11) is 0. The van der Waals surface area contributed by atoms with Gasteiger partial charge in [-0.15, -0.1) is 6.58 Å². The Morgan fingerprint density at radius 1 is 1.28 bits per heavy atom. The highest BCUT2D eigenvalue weighted by molar-refractivity contribution is 5.79. The molecule has 2 aliphatic rings. The number of halogens is 1. The Morgan fingerprint density at radius 3 is 2.83 bits per heavy atom. The first kappa shape index (κ1) is 24.9. The van der Waals surface area contributed by atoms with Crippen LogP contribution in [0, 0.1) is 24.6 Å². The molecule has 0 amide bonds. The summed E-state index contributed by atoms with van der Waals surface area (Å²) in [6, 6.07) is 8.59. The molecule has 1 aromatic heterocycles. The standard InChI is InChI=1S/C29H36FN3O3/c1-3-4-19(13-25-23-8-6-21(30)14-27(23)36-32-25)17-33-11-9-20(10-12-33)26-15-24-22(28(16-31)35-26)7-5-18(2)29(24)34/h3,5-8,14,19-20,26,28,34H,1,4,9-13,15-17,31H2,2H3/t19?,26-,28-/m0/s1. The number of benzene rings is 2. The fourth-order valence-electron chi connectivity index (χ4n) is 5.99. The van der Waals surface area contributed by atoms with Gasteiger partial charge in [0.05, 0.1) is 17.9 Å². The summed E-state index contributed by atoms with van der Waals surface area (Å²) in [4.78, 5) is 2.52. The molecule has 192 valence electrons. The van der Waals surface area contributed by atoms with E-state index in [9.17, 15) is 9.50 Å². The molecule has 0 bridgehead atoms. The molecule has 3 N–H and O–H groups in total. The minimum absolute atomic E-state index is 0.0757. The van der Waals surface area contributed by atoms with Gasteiger partial charge in [-0.1, -0.05) is 23.4 Å².